The molecule has 0 aliphatic carbocycles. The van der Waals surface area contributed by atoms with Crippen LogP contribution in [0.25, 0.3) is 0 Å². The van der Waals surface area contributed by atoms with Crippen molar-refractivity contribution in [2.75, 3.05) is 13.1 Å². The summed E-state index contributed by atoms with van der Waals surface area (Å²) in [6.45, 7) is 2.22. The fourth-order valence-electron chi connectivity index (χ4n) is 2.21. The average Bonchev–Trinajstić information content (AvgIpc) is 2.50. The number of aryl methyl sites for hydroxylation is 1. The van der Waals surface area contributed by atoms with Gasteiger partial charge in [0.1, 0.15) is 5.82 Å². The van der Waals surface area contributed by atoms with Crippen LogP contribution in [0.2, 0.25) is 0 Å². The fourth-order valence-corrected chi connectivity index (χ4v) is 3.89. The van der Waals surface area contributed by atoms with E-state index in [2.05, 4.69) is 0 Å². The first-order valence-electron chi connectivity index (χ1n) is 6.95. The molecule has 126 valence electrons. The molecule has 0 atom stereocenters. The molecule has 23 heavy (non-hydrogen) atoms. The Morgan fingerprint density at radius 1 is 1.13 bits per heavy atom. The summed E-state index contributed by atoms with van der Waals surface area (Å²) in [5, 5.41) is 0. The van der Waals surface area contributed by atoms with E-state index in [-0.39, 0.29) is 36.9 Å². The van der Waals surface area contributed by atoms with Crippen molar-refractivity contribution in [3.63, 3.8) is 0 Å². The van der Waals surface area contributed by atoms with Crippen LogP contribution < -0.4 is 5.73 Å². The topological polar surface area (TPSA) is 63.4 Å². The summed E-state index contributed by atoms with van der Waals surface area (Å²) in [6.07, 6.45) is 0. The van der Waals surface area contributed by atoms with Crippen LogP contribution in [-0.2, 0) is 16.6 Å². The Kier molecular flexibility index (Phi) is 7.15. The van der Waals surface area contributed by atoms with Crippen molar-refractivity contribution in [2.45, 2.75) is 18.4 Å². The highest BCUT2D eigenvalue weighted by Crippen LogP contribution is 2.22. The third-order valence-corrected chi connectivity index (χ3v) is 5.34. The zero-order valence-electron chi connectivity index (χ0n) is 12.8. The first kappa shape index (κ1) is 19.6. The van der Waals surface area contributed by atoms with E-state index in [0.717, 1.165) is 11.6 Å². The third kappa shape index (κ3) is 4.75. The molecular formula is C16H20ClFN2O2S. The monoisotopic (exact) mass is 358 g/mol. The largest absolute Gasteiger partial charge is 0.329 e. The number of hydrogen-bond acceptors (Lipinski definition) is 3. The summed E-state index contributed by atoms with van der Waals surface area (Å²) in [5.41, 5.74) is 6.91. The third-order valence-electron chi connectivity index (χ3n) is 3.35. The first-order valence-corrected chi connectivity index (χ1v) is 8.39. The summed E-state index contributed by atoms with van der Waals surface area (Å²) >= 11 is 0. The van der Waals surface area contributed by atoms with Gasteiger partial charge in [-0.15, -0.1) is 12.4 Å². The van der Waals surface area contributed by atoms with E-state index in [1.54, 1.807) is 6.92 Å². The van der Waals surface area contributed by atoms with E-state index in [4.69, 9.17) is 5.73 Å². The van der Waals surface area contributed by atoms with Crippen molar-refractivity contribution >= 4 is 22.4 Å². The molecule has 0 unspecified atom stereocenters. The summed E-state index contributed by atoms with van der Waals surface area (Å²) in [7, 11) is -3.80. The van der Waals surface area contributed by atoms with Gasteiger partial charge in [-0.05, 0) is 30.2 Å². The van der Waals surface area contributed by atoms with Crippen LogP contribution in [0.5, 0.6) is 0 Å². The summed E-state index contributed by atoms with van der Waals surface area (Å²) in [4.78, 5) is -0.0168. The molecule has 0 bridgehead atoms. The van der Waals surface area contributed by atoms with Crippen LogP contribution in [-0.4, -0.2) is 25.8 Å². The smallest absolute Gasteiger partial charge is 0.243 e. The Hall–Kier alpha value is -1.47. The van der Waals surface area contributed by atoms with Gasteiger partial charge in [-0.25, -0.2) is 12.8 Å². The van der Waals surface area contributed by atoms with E-state index in [0.29, 0.717) is 5.56 Å². The Bertz CT molecular complexity index is 739. The van der Waals surface area contributed by atoms with E-state index >= 15 is 0 Å². The first-order chi connectivity index (χ1) is 10.4. The average molecular weight is 359 g/mol. The highest BCUT2D eigenvalue weighted by Gasteiger charge is 2.26. The van der Waals surface area contributed by atoms with Crippen molar-refractivity contribution in [1.82, 2.24) is 4.31 Å². The molecule has 0 saturated heterocycles. The highest BCUT2D eigenvalue weighted by atomic mass is 35.5. The minimum atomic E-state index is -3.80. The fraction of sp³-hybridized carbons (Fsp3) is 0.250. The van der Waals surface area contributed by atoms with Gasteiger partial charge in [-0.3, -0.25) is 0 Å². The van der Waals surface area contributed by atoms with Gasteiger partial charge in [0, 0.05) is 19.6 Å². The molecule has 0 aliphatic heterocycles. The highest BCUT2D eigenvalue weighted by molar-refractivity contribution is 7.89. The predicted octanol–water partition coefficient (Wildman–Crippen LogP) is 2.71. The predicted molar refractivity (Wildman–Crippen MR) is 91.5 cm³/mol. The lowest BCUT2D eigenvalue weighted by Gasteiger charge is -2.22. The number of nitrogens with two attached hydrogens (primary N) is 1. The molecule has 7 heteroatoms. The number of halogens is 2. The van der Waals surface area contributed by atoms with Gasteiger partial charge >= 0.3 is 0 Å². The van der Waals surface area contributed by atoms with E-state index in [1.165, 1.54) is 16.4 Å². The maximum atomic E-state index is 13.4. The second-order valence-corrected chi connectivity index (χ2v) is 6.93. The molecule has 0 fully saturated rings. The molecule has 2 rings (SSSR count). The second-order valence-electron chi connectivity index (χ2n) is 5.02. The van der Waals surface area contributed by atoms with Gasteiger partial charge in [0.15, 0.2) is 0 Å². The molecule has 2 N–H and O–H groups in total. The van der Waals surface area contributed by atoms with Gasteiger partial charge in [-0.1, -0.05) is 36.4 Å². The van der Waals surface area contributed by atoms with Crippen molar-refractivity contribution in [1.29, 1.82) is 0 Å². The molecule has 2 aromatic carbocycles. The second kappa shape index (κ2) is 8.40. The minimum absolute atomic E-state index is 0. The van der Waals surface area contributed by atoms with Crippen LogP contribution in [0, 0.1) is 12.7 Å². The number of hydrogen-bond donors (Lipinski definition) is 1. The summed E-state index contributed by atoms with van der Waals surface area (Å²) < 4.78 is 40.3. The van der Waals surface area contributed by atoms with Crippen LogP contribution in [0.4, 0.5) is 4.39 Å². The van der Waals surface area contributed by atoms with E-state index in [1.807, 2.05) is 30.3 Å². The van der Waals surface area contributed by atoms with Crippen LogP contribution in [0.3, 0.4) is 0 Å². The lowest BCUT2D eigenvalue weighted by molar-refractivity contribution is 0.413. The molecule has 0 amide bonds. The lowest BCUT2D eigenvalue weighted by Crippen LogP contribution is -2.35. The Morgan fingerprint density at radius 2 is 1.78 bits per heavy atom. The molecule has 0 heterocycles. The molecule has 0 aromatic heterocycles. The standard InChI is InChI=1S/C16H19FN2O2S.ClH/c1-13-7-8-15(17)11-16(13)22(20,21)19(10-9-18)12-14-5-3-2-4-6-14;/h2-8,11H,9-10,12,18H2,1H3;1H. The van der Waals surface area contributed by atoms with Gasteiger partial charge in [0.05, 0.1) is 4.90 Å². The SMILES string of the molecule is Cc1ccc(F)cc1S(=O)(=O)N(CCN)Cc1ccccc1.Cl. The van der Waals surface area contributed by atoms with Gasteiger partial charge in [-0.2, -0.15) is 4.31 Å². The summed E-state index contributed by atoms with van der Waals surface area (Å²) in [6, 6.07) is 13.0. The van der Waals surface area contributed by atoms with Crippen molar-refractivity contribution in [3.8, 4) is 0 Å². The normalized spacial score (nSPS) is 11.3. The van der Waals surface area contributed by atoms with Crippen LogP contribution >= 0.6 is 12.4 Å². The van der Waals surface area contributed by atoms with E-state index in [9.17, 15) is 12.8 Å². The molecule has 4 nitrogen and oxygen atoms in total. The maximum Gasteiger partial charge on any atom is 0.243 e. The quantitative estimate of drug-likeness (QED) is 0.863. The minimum Gasteiger partial charge on any atom is -0.329 e. The number of sulfonamides is 1. The van der Waals surface area contributed by atoms with Crippen molar-refractivity contribution in [2.24, 2.45) is 5.73 Å². The van der Waals surface area contributed by atoms with Crippen LogP contribution in [0.1, 0.15) is 11.1 Å². The molecule has 0 aliphatic rings. The van der Waals surface area contributed by atoms with Crippen molar-refractivity contribution in [3.05, 3.63) is 65.5 Å². The maximum absolute atomic E-state index is 13.4. The van der Waals surface area contributed by atoms with Crippen molar-refractivity contribution < 1.29 is 12.8 Å². The number of rotatable bonds is 6. The summed E-state index contributed by atoms with van der Waals surface area (Å²) in [5.74, 6) is -0.573. The molecule has 0 spiro atoms. The zero-order valence-corrected chi connectivity index (χ0v) is 14.4. The Labute approximate surface area is 142 Å². The lowest BCUT2D eigenvalue weighted by atomic mass is 10.2. The molecule has 0 radical (unpaired) electrons. The molecular weight excluding hydrogens is 339 g/mol. The van der Waals surface area contributed by atoms with Gasteiger partial charge in [0.25, 0.3) is 0 Å². The van der Waals surface area contributed by atoms with Gasteiger partial charge in [0.2, 0.25) is 10.0 Å². The number of benzene rings is 2. The molecule has 0 saturated carbocycles. The Balaban J connectivity index is 0.00000264. The Morgan fingerprint density at radius 3 is 2.39 bits per heavy atom. The van der Waals surface area contributed by atoms with Gasteiger partial charge < -0.3 is 5.73 Å². The van der Waals surface area contributed by atoms with Crippen LogP contribution in [0.15, 0.2) is 53.4 Å². The molecule has 2 aromatic rings. The van der Waals surface area contributed by atoms with E-state index < -0.39 is 15.8 Å². The number of nitrogens with zero attached hydrogens (tertiary/aromatic N) is 1. The zero-order chi connectivity index (χ0) is 16.2.